The molecule has 10 nitrogen and oxygen atoms in total. The molecule has 4 rings (SSSR count). The molecule has 2 N–H and O–H groups in total. The molecule has 2 aromatic rings. The summed E-state index contributed by atoms with van der Waals surface area (Å²) in [5, 5.41) is 11.8. The van der Waals surface area contributed by atoms with E-state index in [2.05, 4.69) is 10.1 Å². The Labute approximate surface area is 195 Å². The van der Waals surface area contributed by atoms with Crippen LogP contribution in [0.5, 0.6) is 5.75 Å². The Balaban J connectivity index is 1.67. The Bertz CT molecular complexity index is 1190. The van der Waals surface area contributed by atoms with Gasteiger partial charge in [-0.2, -0.15) is 0 Å². The van der Waals surface area contributed by atoms with Gasteiger partial charge in [-0.1, -0.05) is 0 Å². The average Bonchev–Trinajstić information content (AvgIpc) is 3.49. The summed E-state index contributed by atoms with van der Waals surface area (Å²) in [4.78, 5) is 37.8. The molecule has 2 aliphatic rings. The highest BCUT2D eigenvalue weighted by Gasteiger charge is 2.37. The van der Waals surface area contributed by atoms with E-state index in [0.29, 0.717) is 12.1 Å². The van der Waals surface area contributed by atoms with Crippen LogP contribution < -0.4 is 20.4 Å². The van der Waals surface area contributed by atoms with Gasteiger partial charge in [0.05, 0.1) is 34.9 Å². The number of pyridine rings is 1. The second kappa shape index (κ2) is 8.79. The molecule has 2 fully saturated rings. The van der Waals surface area contributed by atoms with Crippen LogP contribution in [0.3, 0.4) is 0 Å². The summed E-state index contributed by atoms with van der Waals surface area (Å²) in [7, 11) is 1.52. The van der Waals surface area contributed by atoms with Crippen LogP contribution in [-0.2, 0) is 9.47 Å². The summed E-state index contributed by atoms with van der Waals surface area (Å²) >= 11 is 0. The smallest absolute Gasteiger partial charge is 0.449 e. The molecule has 1 aromatic carbocycles. The number of hydrogen-bond donors (Lipinski definition) is 2. The zero-order valence-corrected chi connectivity index (χ0v) is 19.5. The van der Waals surface area contributed by atoms with Crippen molar-refractivity contribution in [2.45, 2.75) is 57.4 Å². The lowest BCUT2D eigenvalue weighted by Crippen LogP contribution is -2.45. The van der Waals surface area contributed by atoms with Crippen LogP contribution in [-0.4, -0.2) is 59.9 Å². The predicted octanol–water partition coefficient (Wildman–Crippen LogP) is 3.26. The molecule has 2 atom stereocenters. The lowest BCUT2D eigenvalue weighted by atomic mass is 10.1. The Morgan fingerprint density at radius 1 is 1.21 bits per heavy atom. The van der Waals surface area contributed by atoms with Crippen molar-refractivity contribution in [1.29, 1.82) is 0 Å². The quantitative estimate of drug-likeness (QED) is 0.630. The molecule has 1 saturated carbocycles. The highest BCUT2D eigenvalue weighted by Crippen LogP contribution is 2.39. The number of halogens is 1. The molecule has 1 aliphatic heterocycles. The van der Waals surface area contributed by atoms with E-state index in [1.165, 1.54) is 13.3 Å². The van der Waals surface area contributed by atoms with Crippen molar-refractivity contribution < 1.29 is 33.3 Å². The number of ether oxygens (including phenoxy) is 3. The Hall–Kier alpha value is -3.34. The minimum atomic E-state index is -1.61. The molecule has 34 heavy (non-hydrogen) atoms. The van der Waals surface area contributed by atoms with Crippen LogP contribution in [0.15, 0.2) is 23.1 Å². The van der Waals surface area contributed by atoms with Crippen molar-refractivity contribution in [3.05, 3.63) is 34.4 Å². The number of aromatic nitrogens is 1. The van der Waals surface area contributed by atoms with Crippen molar-refractivity contribution in [2.24, 2.45) is 0 Å². The fraction of sp³-hybridized carbons (Fsp3) is 0.522. The van der Waals surface area contributed by atoms with Crippen molar-refractivity contribution >= 4 is 28.8 Å². The summed E-state index contributed by atoms with van der Waals surface area (Å²) < 4.78 is 32.5. The van der Waals surface area contributed by atoms with Gasteiger partial charge >= 0.3 is 12.2 Å². The molecule has 1 aliphatic carbocycles. The predicted molar refractivity (Wildman–Crippen MR) is 121 cm³/mol. The average molecular weight is 477 g/mol. The second-order valence-corrected chi connectivity index (χ2v) is 9.58. The van der Waals surface area contributed by atoms with Crippen molar-refractivity contribution in [1.82, 2.24) is 9.88 Å². The number of anilines is 1. The first-order valence-electron chi connectivity index (χ1n) is 11.0. The van der Waals surface area contributed by atoms with Crippen LogP contribution >= 0.6 is 0 Å². The molecule has 0 radical (unpaired) electrons. The second-order valence-electron chi connectivity index (χ2n) is 9.58. The molecule has 1 aromatic heterocycles. The van der Waals surface area contributed by atoms with Gasteiger partial charge in [0.15, 0.2) is 5.75 Å². The number of hydrogen-bond acceptors (Lipinski definition) is 7. The number of fused-ring (bicyclic) bond motifs is 1. The first kappa shape index (κ1) is 23.8. The van der Waals surface area contributed by atoms with E-state index in [4.69, 9.17) is 14.6 Å². The van der Waals surface area contributed by atoms with E-state index in [9.17, 15) is 14.4 Å². The van der Waals surface area contributed by atoms with Gasteiger partial charge in [0, 0.05) is 26.2 Å². The highest BCUT2D eigenvalue weighted by molar-refractivity contribution is 5.85. The van der Waals surface area contributed by atoms with Gasteiger partial charge in [0.25, 0.3) is 0 Å². The van der Waals surface area contributed by atoms with Crippen LogP contribution in [0.25, 0.3) is 10.9 Å². The number of benzene rings is 1. The first-order chi connectivity index (χ1) is 16.0. The zero-order valence-electron chi connectivity index (χ0n) is 19.5. The molecule has 0 unspecified atom stereocenters. The van der Waals surface area contributed by atoms with E-state index in [-0.39, 0.29) is 29.4 Å². The lowest BCUT2D eigenvalue weighted by molar-refractivity contribution is 0.0417. The number of nitrogens with one attached hydrogen (secondary N) is 1. The van der Waals surface area contributed by atoms with E-state index < -0.39 is 41.2 Å². The van der Waals surface area contributed by atoms with Gasteiger partial charge in [-0.05, 0) is 45.7 Å². The molecule has 184 valence electrons. The minimum Gasteiger partial charge on any atom is -0.449 e. The standard InChI is InChI=1S/C23H28FN3O7/c1-23(2,3)34-21(29)25-15-9-26(10-18(15)32-4)17-8-16-13(7-14(17)24)20(28)19(33-22(30)31)11-27(16)12-5-6-12/h7-8,11-12,15,18H,5-6,9-10H2,1-4H3,(H,25,29)(H,30,31)/t15-,18+/m0/s1. The van der Waals surface area contributed by atoms with E-state index in [1.807, 2.05) is 0 Å². The summed E-state index contributed by atoms with van der Waals surface area (Å²) in [6.07, 6.45) is 0.478. The lowest BCUT2D eigenvalue weighted by Gasteiger charge is -2.23. The largest absolute Gasteiger partial charge is 0.511 e. The Kier molecular flexibility index (Phi) is 6.15. The fourth-order valence-corrected chi connectivity index (χ4v) is 4.20. The van der Waals surface area contributed by atoms with Crippen LogP contribution in [0.4, 0.5) is 19.7 Å². The van der Waals surface area contributed by atoms with Gasteiger partial charge in [-0.3, -0.25) is 4.79 Å². The van der Waals surface area contributed by atoms with Gasteiger partial charge in [0.1, 0.15) is 11.4 Å². The number of nitrogens with zero attached hydrogens (tertiary/aromatic N) is 2. The third kappa shape index (κ3) is 4.93. The van der Waals surface area contributed by atoms with Gasteiger partial charge in [-0.15, -0.1) is 0 Å². The SMILES string of the molecule is CO[C@@H]1CN(c2cc3c(cc2F)c(=O)c(OC(=O)O)cn3C2CC2)C[C@@H]1NC(=O)OC(C)(C)C. The Morgan fingerprint density at radius 2 is 1.91 bits per heavy atom. The molecular weight excluding hydrogens is 449 g/mol. The number of carbonyl (C=O) groups is 2. The van der Waals surface area contributed by atoms with Gasteiger partial charge < -0.3 is 34.1 Å². The molecule has 2 heterocycles. The number of methoxy groups -OCH3 is 1. The summed E-state index contributed by atoms with van der Waals surface area (Å²) in [6, 6.07) is 2.32. The normalized spacial score (nSPS) is 20.4. The third-order valence-corrected chi connectivity index (χ3v) is 5.82. The highest BCUT2D eigenvalue weighted by atomic mass is 19.1. The molecule has 11 heteroatoms. The maximum atomic E-state index is 15.2. The molecule has 1 saturated heterocycles. The summed E-state index contributed by atoms with van der Waals surface area (Å²) in [5.41, 5.74) is -0.617. The number of carboxylic acid groups (broad SMARTS) is 1. The van der Waals surface area contributed by atoms with E-state index >= 15 is 4.39 Å². The number of amides is 1. The van der Waals surface area contributed by atoms with Crippen LogP contribution in [0.1, 0.15) is 39.7 Å². The maximum absolute atomic E-state index is 15.2. The van der Waals surface area contributed by atoms with Crippen molar-refractivity contribution in [2.75, 3.05) is 25.1 Å². The third-order valence-electron chi connectivity index (χ3n) is 5.82. The minimum absolute atomic E-state index is 0.0396. The molecule has 1 amide bonds. The first-order valence-corrected chi connectivity index (χ1v) is 11.0. The van der Waals surface area contributed by atoms with Crippen molar-refractivity contribution in [3.63, 3.8) is 0 Å². The number of rotatable bonds is 5. The maximum Gasteiger partial charge on any atom is 0.511 e. The zero-order chi connectivity index (χ0) is 24.8. The van der Waals surface area contributed by atoms with Gasteiger partial charge in [-0.25, -0.2) is 14.0 Å². The summed E-state index contributed by atoms with van der Waals surface area (Å²) in [6.45, 7) is 5.87. The molecule has 0 spiro atoms. The monoisotopic (exact) mass is 477 g/mol. The molecular formula is C23H28FN3O7. The number of alkyl carbamates (subject to hydrolysis) is 1. The number of carbonyl (C=O) groups excluding carboxylic acids is 1. The summed E-state index contributed by atoms with van der Waals surface area (Å²) in [5.74, 6) is -1.01. The molecule has 0 bridgehead atoms. The van der Waals surface area contributed by atoms with Crippen LogP contribution in [0.2, 0.25) is 0 Å². The van der Waals surface area contributed by atoms with E-state index in [1.54, 1.807) is 36.3 Å². The van der Waals surface area contributed by atoms with Gasteiger partial charge in [0.2, 0.25) is 5.43 Å². The fourth-order valence-electron chi connectivity index (χ4n) is 4.20. The van der Waals surface area contributed by atoms with E-state index in [0.717, 1.165) is 18.9 Å². The van der Waals surface area contributed by atoms with Crippen molar-refractivity contribution in [3.8, 4) is 5.75 Å². The Morgan fingerprint density at radius 3 is 2.50 bits per heavy atom. The topological polar surface area (TPSA) is 119 Å². The van der Waals surface area contributed by atoms with Crippen LogP contribution in [0, 0.1) is 5.82 Å².